The molecule has 1 aromatic rings. The molecule has 2 rings (SSSR count). The SMILES string of the molecule is CN(CCNS(=O)(=O)/C=C/c1ccc(Cl)cc1)C1CC1. The molecule has 6 heteroatoms. The van der Waals surface area contributed by atoms with Crippen LogP contribution in [0.15, 0.2) is 29.7 Å². The minimum absolute atomic E-state index is 0.431. The van der Waals surface area contributed by atoms with E-state index in [0.29, 0.717) is 17.6 Å². The molecule has 110 valence electrons. The van der Waals surface area contributed by atoms with Crippen LogP contribution in [-0.4, -0.2) is 39.5 Å². The average molecular weight is 315 g/mol. The summed E-state index contributed by atoms with van der Waals surface area (Å²) in [5.41, 5.74) is 0.801. The standard InChI is InChI=1S/C14H19ClN2O2S/c1-17(14-6-7-14)10-9-16-20(18,19)11-8-12-2-4-13(15)5-3-12/h2-5,8,11,14,16H,6-7,9-10H2,1H3/b11-8+. The Labute approximate surface area is 125 Å². The van der Waals surface area contributed by atoms with Crippen LogP contribution in [0.5, 0.6) is 0 Å². The molecule has 1 aromatic carbocycles. The molecule has 20 heavy (non-hydrogen) atoms. The van der Waals surface area contributed by atoms with Crippen LogP contribution in [0.25, 0.3) is 6.08 Å². The van der Waals surface area contributed by atoms with Gasteiger partial charge in [-0.05, 0) is 43.7 Å². The first-order chi connectivity index (χ1) is 9.46. The Morgan fingerprint density at radius 1 is 1.35 bits per heavy atom. The molecule has 1 aliphatic carbocycles. The summed E-state index contributed by atoms with van der Waals surface area (Å²) >= 11 is 5.77. The number of halogens is 1. The minimum Gasteiger partial charge on any atom is -0.302 e. The van der Waals surface area contributed by atoms with Gasteiger partial charge in [0, 0.05) is 29.6 Å². The number of benzene rings is 1. The molecule has 0 amide bonds. The third kappa shape index (κ3) is 5.25. The number of hydrogen-bond acceptors (Lipinski definition) is 3. The zero-order chi connectivity index (χ0) is 14.6. The highest BCUT2D eigenvalue weighted by Gasteiger charge is 2.25. The van der Waals surface area contributed by atoms with Crippen molar-refractivity contribution in [1.82, 2.24) is 9.62 Å². The van der Waals surface area contributed by atoms with Crippen LogP contribution in [0.1, 0.15) is 18.4 Å². The van der Waals surface area contributed by atoms with E-state index in [4.69, 9.17) is 11.6 Å². The Bertz CT molecular complexity index is 565. The van der Waals surface area contributed by atoms with Crippen LogP contribution >= 0.6 is 11.6 Å². The second-order valence-electron chi connectivity index (χ2n) is 5.01. The van der Waals surface area contributed by atoms with Crippen molar-refractivity contribution in [1.29, 1.82) is 0 Å². The van der Waals surface area contributed by atoms with Gasteiger partial charge in [-0.15, -0.1) is 0 Å². The van der Waals surface area contributed by atoms with E-state index < -0.39 is 10.0 Å². The fourth-order valence-corrected chi connectivity index (χ4v) is 2.79. The molecule has 0 aliphatic heterocycles. The molecule has 0 spiro atoms. The van der Waals surface area contributed by atoms with Crippen molar-refractivity contribution in [2.24, 2.45) is 0 Å². The van der Waals surface area contributed by atoms with Crippen LogP contribution < -0.4 is 4.72 Å². The summed E-state index contributed by atoms with van der Waals surface area (Å²) in [6.45, 7) is 1.17. The number of nitrogens with zero attached hydrogens (tertiary/aromatic N) is 1. The van der Waals surface area contributed by atoms with Gasteiger partial charge in [-0.2, -0.15) is 0 Å². The maximum absolute atomic E-state index is 11.8. The lowest BCUT2D eigenvalue weighted by Gasteiger charge is -2.15. The van der Waals surface area contributed by atoms with Crippen LogP contribution in [0, 0.1) is 0 Å². The molecule has 0 radical (unpaired) electrons. The molecule has 0 aromatic heterocycles. The summed E-state index contributed by atoms with van der Waals surface area (Å²) in [5.74, 6) is 0. The maximum Gasteiger partial charge on any atom is 0.233 e. The molecular formula is C14H19ClN2O2S. The van der Waals surface area contributed by atoms with Gasteiger partial charge in [-0.3, -0.25) is 0 Å². The molecule has 0 atom stereocenters. The van der Waals surface area contributed by atoms with E-state index in [2.05, 4.69) is 9.62 Å². The Kier molecular flexibility index (Phi) is 5.21. The summed E-state index contributed by atoms with van der Waals surface area (Å²) in [6, 6.07) is 7.64. The maximum atomic E-state index is 11.8. The molecule has 0 saturated heterocycles. The molecule has 1 fully saturated rings. The third-order valence-corrected chi connectivity index (χ3v) is 4.60. The van der Waals surface area contributed by atoms with Gasteiger partial charge in [0.25, 0.3) is 0 Å². The molecule has 0 bridgehead atoms. The molecule has 0 heterocycles. The van der Waals surface area contributed by atoms with Gasteiger partial charge >= 0.3 is 0 Å². The monoisotopic (exact) mass is 314 g/mol. The predicted molar refractivity (Wildman–Crippen MR) is 83.1 cm³/mol. The summed E-state index contributed by atoms with van der Waals surface area (Å²) in [4.78, 5) is 2.19. The fourth-order valence-electron chi connectivity index (χ4n) is 1.85. The van der Waals surface area contributed by atoms with E-state index in [-0.39, 0.29) is 0 Å². The van der Waals surface area contributed by atoms with Crippen molar-refractivity contribution in [3.63, 3.8) is 0 Å². The van der Waals surface area contributed by atoms with Crippen molar-refractivity contribution in [3.05, 3.63) is 40.3 Å². The fraction of sp³-hybridized carbons (Fsp3) is 0.429. The van der Waals surface area contributed by atoms with Crippen LogP contribution in [-0.2, 0) is 10.0 Å². The van der Waals surface area contributed by atoms with Crippen LogP contribution in [0.2, 0.25) is 5.02 Å². The Hall–Kier alpha value is -0.880. The highest BCUT2D eigenvalue weighted by molar-refractivity contribution is 7.92. The normalized spacial score (nSPS) is 16.1. The van der Waals surface area contributed by atoms with Gasteiger partial charge in [0.1, 0.15) is 0 Å². The van der Waals surface area contributed by atoms with Crippen molar-refractivity contribution in [3.8, 4) is 0 Å². The molecule has 1 saturated carbocycles. The number of nitrogens with one attached hydrogen (secondary N) is 1. The Morgan fingerprint density at radius 3 is 2.60 bits per heavy atom. The summed E-state index contributed by atoms with van der Waals surface area (Å²) in [5, 5.41) is 1.82. The summed E-state index contributed by atoms with van der Waals surface area (Å²) in [6.07, 6.45) is 4.00. The van der Waals surface area contributed by atoms with Gasteiger partial charge in [0.05, 0.1) is 0 Å². The number of likely N-dealkylation sites (N-methyl/N-ethyl adjacent to an activating group) is 1. The van der Waals surface area contributed by atoms with Crippen LogP contribution in [0.3, 0.4) is 0 Å². The van der Waals surface area contributed by atoms with Gasteiger partial charge in [0.2, 0.25) is 10.0 Å². The van der Waals surface area contributed by atoms with E-state index in [0.717, 1.165) is 12.1 Å². The Balaban J connectivity index is 1.81. The Morgan fingerprint density at radius 2 is 2.00 bits per heavy atom. The lowest BCUT2D eigenvalue weighted by molar-refractivity contribution is 0.329. The smallest absolute Gasteiger partial charge is 0.233 e. The third-order valence-electron chi connectivity index (χ3n) is 3.25. The lowest BCUT2D eigenvalue weighted by Crippen LogP contribution is -2.33. The summed E-state index contributed by atoms with van der Waals surface area (Å²) in [7, 11) is -1.36. The van der Waals surface area contributed by atoms with Gasteiger partial charge < -0.3 is 4.90 Å². The lowest BCUT2D eigenvalue weighted by atomic mass is 10.2. The molecule has 4 nitrogen and oxygen atoms in total. The second-order valence-corrected chi connectivity index (χ2v) is 7.09. The van der Waals surface area contributed by atoms with Crippen molar-refractivity contribution in [2.45, 2.75) is 18.9 Å². The molecular weight excluding hydrogens is 296 g/mol. The first-order valence-electron chi connectivity index (χ1n) is 6.60. The first kappa shape index (κ1) is 15.5. The van der Waals surface area contributed by atoms with E-state index >= 15 is 0 Å². The van der Waals surface area contributed by atoms with E-state index in [1.807, 2.05) is 7.05 Å². The molecule has 1 aliphatic rings. The number of sulfonamides is 1. The van der Waals surface area contributed by atoms with Crippen molar-refractivity contribution >= 4 is 27.7 Å². The van der Waals surface area contributed by atoms with E-state index in [1.165, 1.54) is 18.2 Å². The largest absolute Gasteiger partial charge is 0.302 e. The van der Waals surface area contributed by atoms with Gasteiger partial charge in [-0.25, -0.2) is 13.1 Å². The highest BCUT2D eigenvalue weighted by atomic mass is 35.5. The second kappa shape index (κ2) is 6.72. The van der Waals surface area contributed by atoms with Crippen molar-refractivity contribution < 1.29 is 8.42 Å². The number of rotatable bonds is 7. The van der Waals surface area contributed by atoms with Crippen molar-refractivity contribution in [2.75, 3.05) is 20.1 Å². The van der Waals surface area contributed by atoms with Crippen LogP contribution in [0.4, 0.5) is 0 Å². The molecule has 0 unspecified atom stereocenters. The first-order valence-corrected chi connectivity index (χ1v) is 8.52. The highest BCUT2D eigenvalue weighted by Crippen LogP contribution is 2.24. The van der Waals surface area contributed by atoms with Gasteiger partial charge in [-0.1, -0.05) is 23.7 Å². The molecule has 1 N–H and O–H groups in total. The zero-order valence-electron chi connectivity index (χ0n) is 11.4. The zero-order valence-corrected chi connectivity index (χ0v) is 13.0. The number of hydrogen-bond donors (Lipinski definition) is 1. The minimum atomic E-state index is -3.38. The van der Waals surface area contributed by atoms with Gasteiger partial charge in [0.15, 0.2) is 0 Å². The van der Waals surface area contributed by atoms with E-state index in [1.54, 1.807) is 30.3 Å². The average Bonchev–Trinajstić information content (AvgIpc) is 3.22. The quantitative estimate of drug-likeness (QED) is 0.840. The summed E-state index contributed by atoms with van der Waals surface area (Å²) < 4.78 is 26.2. The van der Waals surface area contributed by atoms with E-state index in [9.17, 15) is 8.42 Å². The predicted octanol–water partition coefficient (Wildman–Crippen LogP) is 2.32. The topological polar surface area (TPSA) is 49.4 Å².